The quantitative estimate of drug-likeness (QED) is 0.595. The first kappa shape index (κ1) is 25.5. The van der Waals surface area contributed by atoms with Gasteiger partial charge in [0.1, 0.15) is 12.1 Å². The SMILES string of the molecule is CC(C)(O)[C@]1(C(=O)NCc2cc(F)cc(C(F)(F)F)c2)CC[C@@H](N2CCC(n3cnnn3)CC2)C1. The van der Waals surface area contributed by atoms with Crippen LogP contribution in [0, 0.1) is 11.2 Å². The number of halogens is 4. The second-order valence-electron chi connectivity index (χ2n) is 10.1. The Labute approximate surface area is 200 Å². The summed E-state index contributed by atoms with van der Waals surface area (Å²) in [5, 5.41) is 25.0. The minimum absolute atomic E-state index is 0.00999. The summed E-state index contributed by atoms with van der Waals surface area (Å²) < 4.78 is 54.6. The summed E-state index contributed by atoms with van der Waals surface area (Å²) in [5.74, 6) is -1.46. The number of carbonyl (C=O) groups excluding carboxylic acids is 1. The number of rotatable bonds is 6. The van der Waals surface area contributed by atoms with Gasteiger partial charge in [-0.3, -0.25) is 4.79 Å². The average Bonchev–Trinajstić information content (AvgIpc) is 3.47. The Kier molecular flexibility index (Phi) is 6.89. The van der Waals surface area contributed by atoms with Crippen molar-refractivity contribution in [2.45, 2.75) is 76.4 Å². The van der Waals surface area contributed by atoms with Gasteiger partial charge in [-0.25, -0.2) is 9.07 Å². The molecule has 1 aliphatic heterocycles. The van der Waals surface area contributed by atoms with E-state index in [1.54, 1.807) is 24.9 Å². The van der Waals surface area contributed by atoms with Crippen LogP contribution < -0.4 is 5.32 Å². The van der Waals surface area contributed by atoms with Gasteiger partial charge in [-0.05, 0) is 80.1 Å². The fourth-order valence-corrected chi connectivity index (χ4v) is 5.49. The number of aromatic nitrogens is 4. The number of amides is 1. The lowest BCUT2D eigenvalue weighted by Crippen LogP contribution is -2.53. The van der Waals surface area contributed by atoms with E-state index in [0.717, 1.165) is 38.1 Å². The summed E-state index contributed by atoms with van der Waals surface area (Å²) in [6.45, 7) is 4.52. The van der Waals surface area contributed by atoms with Crippen molar-refractivity contribution in [3.8, 4) is 0 Å². The van der Waals surface area contributed by atoms with E-state index in [4.69, 9.17) is 0 Å². The van der Waals surface area contributed by atoms with E-state index >= 15 is 0 Å². The number of hydrogen-bond acceptors (Lipinski definition) is 6. The lowest BCUT2D eigenvalue weighted by Gasteiger charge is -2.41. The van der Waals surface area contributed by atoms with Crippen LogP contribution in [-0.2, 0) is 17.5 Å². The minimum Gasteiger partial charge on any atom is -0.389 e. The van der Waals surface area contributed by atoms with Gasteiger partial charge in [-0.2, -0.15) is 13.2 Å². The number of piperidine rings is 1. The predicted molar refractivity (Wildman–Crippen MR) is 117 cm³/mol. The van der Waals surface area contributed by atoms with Crippen molar-refractivity contribution in [2.24, 2.45) is 5.41 Å². The van der Waals surface area contributed by atoms with Crippen LogP contribution in [0.15, 0.2) is 24.5 Å². The molecule has 1 amide bonds. The number of hydrogen-bond donors (Lipinski definition) is 2. The third kappa shape index (κ3) is 5.32. The maximum Gasteiger partial charge on any atom is 0.416 e. The Morgan fingerprint density at radius 1 is 1.17 bits per heavy atom. The zero-order chi connectivity index (χ0) is 25.4. The van der Waals surface area contributed by atoms with Crippen molar-refractivity contribution in [1.82, 2.24) is 30.4 Å². The Morgan fingerprint density at radius 2 is 1.89 bits per heavy atom. The van der Waals surface area contributed by atoms with Gasteiger partial charge < -0.3 is 15.3 Å². The molecule has 0 spiro atoms. The smallest absolute Gasteiger partial charge is 0.389 e. The molecule has 0 bridgehead atoms. The van der Waals surface area contributed by atoms with Gasteiger partial charge in [-0.15, -0.1) is 5.10 Å². The van der Waals surface area contributed by atoms with E-state index in [1.165, 1.54) is 0 Å². The molecule has 192 valence electrons. The molecule has 1 aromatic carbocycles. The van der Waals surface area contributed by atoms with Crippen molar-refractivity contribution in [1.29, 1.82) is 0 Å². The number of carbonyl (C=O) groups is 1. The molecular weight excluding hydrogens is 468 g/mol. The van der Waals surface area contributed by atoms with Crippen LogP contribution in [0.3, 0.4) is 0 Å². The van der Waals surface area contributed by atoms with E-state index in [1.807, 2.05) is 0 Å². The largest absolute Gasteiger partial charge is 0.416 e. The molecule has 2 fully saturated rings. The van der Waals surface area contributed by atoms with Crippen LogP contribution in [0.25, 0.3) is 0 Å². The van der Waals surface area contributed by atoms with E-state index in [9.17, 15) is 27.5 Å². The van der Waals surface area contributed by atoms with Gasteiger partial charge in [0.05, 0.1) is 22.6 Å². The number of alkyl halides is 3. The van der Waals surface area contributed by atoms with Crippen molar-refractivity contribution >= 4 is 5.91 Å². The normalized spacial score (nSPS) is 24.6. The molecule has 0 unspecified atom stereocenters. The third-order valence-electron chi connectivity index (χ3n) is 7.59. The topological polar surface area (TPSA) is 96.2 Å². The zero-order valence-electron chi connectivity index (χ0n) is 19.7. The molecule has 12 heteroatoms. The Hall–Kier alpha value is -2.60. The van der Waals surface area contributed by atoms with Gasteiger partial charge in [-0.1, -0.05) is 0 Å². The molecular formula is C23H30F4N6O2. The first-order chi connectivity index (χ1) is 16.4. The monoisotopic (exact) mass is 498 g/mol. The van der Waals surface area contributed by atoms with Gasteiger partial charge in [0.25, 0.3) is 0 Å². The highest BCUT2D eigenvalue weighted by Gasteiger charge is 2.55. The van der Waals surface area contributed by atoms with Gasteiger partial charge in [0.2, 0.25) is 5.91 Å². The second kappa shape index (κ2) is 9.45. The molecule has 1 aliphatic carbocycles. The van der Waals surface area contributed by atoms with Crippen LogP contribution in [0.2, 0.25) is 0 Å². The van der Waals surface area contributed by atoms with Crippen LogP contribution in [0.5, 0.6) is 0 Å². The highest BCUT2D eigenvalue weighted by atomic mass is 19.4. The summed E-state index contributed by atoms with van der Waals surface area (Å²) in [6, 6.07) is 2.53. The molecule has 8 nitrogen and oxygen atoms in total. The van der Waals surface area contributed by atoms with E-state index in [0.29, 0.717) is 25.3 Å². The average molecular weight is 499 g/mol. The maximum atomic E-state index is 13.8. The predicted octanol–water partition coefficient (Wildman–Crippen LogP) is 3.09. The van der Waals surface area contributed by atoms with Gasteiger partial charge >= 0.3 is 6.18 Å². The summed E-state index contributed by atoms with van der Waals surface area (Å²) in [4.78, 5) is 15.7. The highest BCUT2D eigenvalue weighted by Crippen LogP contribution is 2.49. The van der Waals surface area contributed by atoms with Crippen molar-refractivity contribution in [2.75, 3.05) is 13.1 Å². The highest BCUT2D eigenvalue weighted by molar-refractivity contribution is 5.84. The fraction of sp³-hybridized carbons (Fsp3) is 0.652. The fourth-order valence-electron chi connectivity index (χ4n) is 5.49. The summed E-state index contributed by atoms with van der Waals surface area (Å²) >= 11 is 0. The maximum absolute atomic E-state index is 13.8. The molecule has 4 rings (SSSR count). The molecule has 2 aromatic rings. The number of aliphatic hydroxyl groups is 1. The van der Waals surface area contributed by atoms with E-state index < -0.39 is 34.5 Å². The molecule has 1 saturated carbocycles. The first-order valence-electron chi connectivity index (χ1n) is 11.7. The van der Waals surface area contributed by atoms with E-state index in [2.05, 4.69) is 25.7 Å². The first-order valence-corrected chi connectivity index (χ1v) is 11.7. The van der Waals surface area contributed by atoms with Crippen LogP contribution in [0.4, 0.5) is 17.6 Å². The number of benzene rings is 1. The number of nitrogens with one attached hydrogen (secondary N) is 1. The molecule has 2 aliphatic rings. The number of tetrazole rings is 1. The Morgan fingerprint density at radius 3 is 2.49 bits per heavy atom. The molecule has 0 radical (unpaired) electrons. The van der Waals surface area contributed by atoms with E-state index in [-0.39, 0.29) is 24.2 Å². The molecule has 2 heterocycles. The minimum atomic E-state index is -4.69. The summed E-state index contributed by atoms with van der Waals surface area (Å²) in [6.07, 6.45) is 0.229. The second-order valence-corrected chi connectivity index (χ2v) is 10.1. The molecule has 2 N–H and O–H groups in total. The van der Waals surface area contributed by atoms with Crippen LogP contribution in [-0.4, -0.2) is 60.9 Å². The lowest BCUT2D eigenvalue weighted by atomic mass is 9.71. The van der Waals surface area contributed by atoms with Crippen molar-refractivity contribution in [3.63, 3.8) is 0 Å². The van der Waals surface area contributed by atoms with Crippen molar-refractivity contribution < 1.29 is 27.5 Å². The number of likely N-dealkylation sites (tertiary alicyclic amines) is 1. The van der Waals surface area contributed by atoms with Gasteiger partial charge in [0, 0.05) is 25.7 Å². The summed E-state index contributed by atoms with van der Waals surface area (Å²) in [7, 11) is 0. The lowest BCUT2D eigenvalue weighted by molar-refractivity contribution is -0.147. The Bertz CT molecular complexity index is 1030. The zero-order valence-corrected chi connectivity index (χ0v) is 19.7. The molecule has 1 saturated heterocycles. The third-order valence-corrected chi connectivity index (χ3v) is 7.59. The summed E-state index contributed by atoms with van der Waals surface area (Å²) in [5.41, 5.74) is -3.55. The van der Waals surface area contributed by atoms with Crippen molar-refractivity contribution in [3.05, 3.63) is 41.5 Å². The number of nitrogens with zero attached hydrogens (tertiary/aromatic N) is 5. The van der Waals surface area contributed by atoms with Gasteiger partial charge in [0.15, 0.2) is 0 Å². The molecule has 35 heavy (non-hydrogen) atoms. The standard InChI is InChI=1S/C23H30F4N6O2/c1-21(2,35)22(20(34)28-13-15-9-16(23(25,26)27)11-17(24)10-15)6-3-19(12-22)32-7-4-18(5-8-32)33-14-29-30-31-33/h9-11,14,18-19,35H,3-8,12-13H2,1-2H3,(H,28,34)/t19-,22-/m1/s1. The van der Waals surface area contributed by atoms with Crippen LogP contribution in [0.1, 0.15) is 63.1 Å². The molecule has 1 aromatic heterocycles. The van der Waals surface area contributed by atoms with Crippen LogP contribution >= 0.6 is 0 Å². The Balaban J connectivity index is 1.42. The molecule has 2 atom stereocenters.